The highest BCUT2D eigenvalue weighted by molar-refractivity contribution is 5.35. The molecule has 1 N–H and O–H groups in total. The number of piperidine rings is 1. The zero-order valence-corrected chi connectivity index (χ0v) is 16.2. The lowest BCUT2D eigenvalue weighted by Gasteiger charge is -2.33. The van der Waals surface area contributed by atoms with Gasteiger partial charge in [0.05, 0.1) is 12.8 Å². The summed E-state index contributed by atoms with van der Waals surface area (Å²) in [7, 11) is 1.69. The Bertz CT molecular complexity index is 864. The molecule has 1 aromatic heterocycles. The van der Waals surface area contributed by atoms with Gasteiger partial charge >= 0.3 is 0 Å². The molecule has 2 aliphatic rings. The van der Waals surface area contributed by atoms with Crippen LogP contribution in [0.3, 0.4) is 0 Å². The number of anilines is 1. The van der Waals surface area contributed by atoms with Crippen molar-refractivity contribution in [3.63, 3.8) is 0 Å². The van der Waals surface area contributed by atoms with Crippen LogP contribution in [-0.2, 0) is 19.5 Å². The number of rotatable bonds is 4. The Morgan fingerprint density at radius 3 is 3.04 bits per heavy atom. The van der Waals surface area contributed by atoms with Crippen molar-refractivity contribution in [2.45, 2.75) is 39.3 Å². The summed E-state index contributed by atoms with van der Waals surface area (Å²) in [6, 6.07) is 8.16. The Balaban J connectivity index is 1.53. The summed E-state index contributed by atoms with van der Waals surface area (Å²) < 4.78 is 5.33. The van der Waals surface area contributed by atoms with E-state index in [2.05, 4.69) is 33.8 Å². The highest BCUT2D eigenvalue weighted by Crippen LogP contribution is 2.23. The van der Waals surface area contributed by atoms with Crippen LogP contribution in [0.5, 0.6) is 5.75 Å². The van der Waals surface area contributed by atoms with Gasteiger partial charge in [0, 0.05) is 38.3 Å². The zero-order chi connectivity index (χ0) is 18.8. The van der Waals surface area contributed by atoms with Crippen LogP contribution >= 0.6 is 0 Å². The second-order valence-electron chi connectivity index (χ2n) is 7.82. The number of nitrogens with one attached hydrogen (secondary N) is 1. The van der Waals surface area contributed by atoms with Crippen LogP contribution in [0.15, 0.2) is 29.1 Å². The van der Waals surface area contributed by atoms with E-state index in [0.29, 0.717) is 12.5 Å². The van der Waals surface area contributed by atoms with Gasteiger partial charge in [-0.25, -0.2) is 4.98 Å². The molecule has 1 aromatic carbocycles. The number of nitrogens with zero attached hydrogens (tertiary/aromatic N) is 3. The molecule has 0 bridgehead atoms. The van der Waals surface area contributed by atoms with Crippen LogP contribution in [0.25, 0.3) is 0 Å². The summed E-state index contributed by atoms with van der Waals surface area (Å²) in [5, 5.41) is 0. The van der Waals surface area contributed by atoms with Crippen molar-refractivity contribution in [3.8, 4) is 5.75 Å². The van der Waals surface area contributed by atoms with E-state index in [1.54, 1.807) is 7.11 Å². The summed E-state index contributed by atoms with van der Waals surface area (Å²) in [6.07, 6.45) is 3.15. The minimum absolute atomic E-state index is 0.0363. The monoisotopic (exact) mass is 368 g/mol. The Hall–Kier alpha value is -2.34. The van der Waals surface area contributed by atoms with Gasteiger partial charge in [-0.05, 0) is 42.9 Å². The van der Waals surface area contributed by atoms with Gasteiger partial charge in [-0.1, -0.05) is 19.1 Å². The number of benzene rings is 1. The number of hydrogen-bond donors (Lipinski definition) is 1. The van der Waals surface area contributed by atoms with E-state index >= 15 is 0 Å². The average molecular weight is 368 g/mol. The van der Waals surface area contributed by atoms with E-state index in [-0.39, 0.29) is 5.56 Å². The molecule has 6 heteroatoms. The first-order valence-corrected chi connectivity index (χ1v) is 9.84. The van der Waals surface area contributed by atoms with Crippen molar-refractivity contribution in [2.75, 3.05) is 31.6 Å². The molecular formula is C21H28N4O2. The van der Waals surface area contributed by atoms with Gasteiger partial charge in [0.15, 0.2) is 0 Å². The maximum Gasteiger partial charge on any atom is 0.255 e. The maximum atomic E-state index is 12.6. The van der Waals surface area contributed by atoms with Gasteiger partial charge < -0.3 is 9.64 Å². The molecule has 2 aliphatic heterocycles. The average Bonchev–Trinajstić information content (AvgIpc) is 2.68. The summed E-state index contributed by atoms with van der Waals surface area (Å²) in [5.41, 5.74) is 3.04. The van der Waals surface area contributed by atoms with E-state index in [1.165, 1.54) is 12.0 Å². The number of hydrogen-bond acceptors (Lipinski definition) is 5. The molecule has 144 valence electrons. The van der Waals surface area contributed by atoms with E-state index in [0.717, 1.165) is 62.0 Å². The van der Waals surface area contributed by atoms with Crippen LogP contribution in [0.2, 0.25) is 0 Å². The van der Waals surface area contributed by atoms with Gasteiger partial charge in [-0.3, -0.25) is 14.7 Å². The predicted molar refractivity (Wildman–Crippen MR) is 106 cm³/mol. The fourth-order valence-electron chi connectivity index (χ4n) is 4.18. The fraction of sp³-hybridized carbons (Fsp3) is 0.524. The summed E-state index contributed by atoms with van der Waals surface area (Å²) >= 11 is 0. The topological polar surface area (TPSA) is 61.5 Å². The van der Waals surface area contributed by atoms with Crippen molar-refractivity contribution >= 4 is 5.95 Å². The molecular weight excluding hydrogens is 340 g/mol. The molecule has 0 spiro atoms. The largest absolute Gasteiger partial charge is 0.497 e. The Labute approximate surface area is 160 Å². The van der Waals surface area contributed by atoms with Crippen LogP contribution < -0.4 is 15.2 Å². The normalized spacial score (nSPS) is 20.4. The lowest BCUT2D eigenvalue weighted by molar-refractivity contribution is 0.240. The summed E-state index contributed by atoms with van der Waals surface area (Å²) in [4.78, 5) is 25.1. The maximum absolute atomic E-state index is 12.6. The number of ether oxygens (including phenoxy) is 1. The first-order chi connectivity index (χ1) is 13.1. The smallest absolute Gasteiger partial charge is 0.255 e. The molecule has 1 atom stereocenters. The number of H-pyrrole nitrogens is 1. The molecule has 0 aliphatic carbocycles. The van der Waals surface area contributed by atoms with Crippen molar-refractivity contribution in [2.24, 2.45) is 5.92 Å². The van der Waals surface area contributed by atoms with Gasteiger partial charge in [-0.15, -0.1) is 0 Å². The van der Waals surface area contributed by atoms with Crippen molar-refractivity contribution in [1.29, 1.82) is 0 Å². The second-order valence-corrected chi connectivity index (χ2v) is 7.82. The molecule has 0 saturated carbocycles. The highest BCUT2D eigenvalue weighted by atomic mass is 16.5. The first-order valence-electron chi connectivity index (χ1n) is 9.84. The van der Waals surface area contributed by atoms with Crippen molar-refractivity contribution < 1.29 is 4.74 Å². The molecule has 0 amide bonds. The Morgan fingerprint density at radius 2 is 2.22 bits per heavy atom. The van der Waals surface area contributed by atoms with E-state index in [4.69, 9.17) is 9.72 Å². The highest BCUT2D eigenvalue weighted by Gasteiger charge is 2.24. The molecule has 3 heterocycles. The third-order valence-electron chi connectivity index (χ3n) is 5.64. The third kappa shape index (κ3) is 4.00. The zero-order valence-electron chi connectivity index (χ0n) is 16.2. The van der Waals surface area contributed by atoms with Crippen LogP contribution in [0, 0.1) is 5.92 Å². The minimum atomic E-state index is 0.0363. The van der Waals surface area contributed by atoms with E-state index in [9.17, 15) is 4.79 Å². The van der Waals surface area contributed by atoms with Crippen molar-refractivity contribution in [3.05, 3.63) is 51.4 Å². The van der Waals surface area contributed by atoms with E-state index in [1.807, 2.05) is 12.1 Å². The third-order valence-corrected chi connectivity index (χ3v) is 5.64. The summed E-state index contributed by atoms with van der Waals surface area (Å²) in [5.74, 6) is 2.26. The number of methoxy groups -OCH3 is 1. The quantitative estimate of drug-likeness (QED) is 0.899. The number of aromatic nitrogens is 2. The van der Waals surface area contributed by atoms with Gasteiger partial charge in [0.1, 0.15) is 5.75 Å². The Kier molecular flexibility index (Phi) is 5.16. The van der Waals surface area contributed by atoms with Gasteiger partial charge in [-0.2, -0.15) is 0 Å². The SMILES string of the molecule is COc1cccc(CN2CCc3c(nc(N4CCCC(C)C4)[nH]c3=O)C2)c1. The van der Waals surface area contributed by atoms with Gasteiger partial charge in [0.25, 0.3) is 5.56 Å². The molecule has 1 unspecified atom stereocenters. The minimum Gasteiger partial charge on any atom is -0.497 e. The molecule has 2 aromatic rings. The first kappa shape index (κ1) is 18.0. The van der Waals surface area contributed by atoms with Crippen LogP contribution in [0.4, 0.5) is 5.95 Å². The predicted octanol–water partition coefficient (Wildman–Crippen LogP) is 2.57. The molecule has 4 rings (SSSR count). The van der Waals surface area contributed by atoms with Crippen LogP contribution in [-0.4, -0.2) is 41.6 Å². The lowest BCUT2D eigenvalue weighted by atomic mass is 10.0. The molecule has 27 heavy (non-hydrogen) atoms. The van der Waals surface area contributed by atoms with Gasteiger partial charge in [0.2, 0.25) is 5.95 Å². The molecule has 1 saturated heterocycles. The lowest BCUT2D eigenvalue weighted by Crippen LogP contribution is -2.39. The molecule has 6 nitrogen and oxygen atoms in total. The standard InChI is InChI=1S/C21H28N4O2/c1-15-5-4-9-25(12-15)21-22-19-14-24(10-8-18(19)20(26)23-21)13-16-6-3-7-17(11-16)27-2/h3,6-7,11,15H,4-5,8-10,12-14H2,1-2H3,(H,22,23,26). The summed E-state index contributed by atoms with van der Waals surface area (Å²) in [6.45, 7) is 6.62. The van der Waals surface area contributed by atoms with Crippen LogP contribution in [0.1, 0.15) is 36.6 Å². The second kappa shape index (κ2) is 7.72. The van der Waals surface area contributed by atoms with Crippen molar-refractivity contribution in [1.82, 2.24) is 14.9 Å². The molecule has 0 radical (unpaired) electrons. The van der Waals surface area contributed by atoms with E-state index < -0.39 is 0 Å². The number of aromatic amines is 1. The fourth-order valence-corrected chi connectivity index (χ4v) is 4.18. The molecule has 1 fully saturated rings. The Morgan fingerprint density at radius 1 is 1.33 bits per heavy atom. The number of fused-ring (bicyclic) bond motifs is 1.